The molecule has 6 nitrogen and oxygen atoms in total. The maximum absolute atomic E-state index is 13.0. The number of halogens is 2. The number of carbonyl (C=O) groups is 2. The normalized spacial score (nSPS) is 26.7. The van der Waals surface area contributed by atoms with Crippen LogP contribution in [0.5, 0.6) is 5.75 Å². The summed E-state index contributed by atoms with van der Waals surface area (Å²) in [6.07, 6.45) is 0.861. The number of ether oxygens (including phenoxy) is 2. The molecule has 26 heavy (non-hydrogen) atoms. The molecule has 1 aromatic rings. The van der Waals surface area contributed by atoms with Gasteiger partial charge in [0.15, 0.2) is 0 Å². The number of methoxy groups -OCH3 is 2. The lowest BCUT2D eigenvalue weighted by atomic mass is 10.0. The lowest BCUT2D eigenvalue weighted by Gasteiger charge is -2.28. The molecule has 2 unspecified atom stereocenters. The number of rotatable bonds is 6. The van der Waals surface area contributed by atoms with Crippen molar-refractivity contribution in [2.24, 2.45) is 5.41 Å². The van der Waals surface area contributed by atoms with E-state index in [1.54, 1.807) is 25.1 Å². The van der Waals surface area contributed by atoms with Crippen LogP contribution < -0.4 is 9.64 Å². The first-order chi connectivity index (χ1) is 12.3. The predicted molar refractivity (Wildman–Crippen MR) is 99.9 cm³/mol. The smallest absolute Gasteiger partial charge is 0.249 e. The Balaban J connectivity index is 1.76. The quantitative estimate of drug-likeness (QED) is 0.688. The van der Waals surface area contributed by atoms with E-state index in [9.17, 15) is 9.59 Å². The van der Waals surface area contributed by atoms with E-state index >= 15 is 0 Å². The van der Waals surface area contributed by atoms with E-state index in [2.05, 4.69) is 0 Å². The van der Waals surface area contributed by atoms with E-state index in [0.29, 0.717) is 25.1 Å². The first kappa shape index (κ1) is 19.3. The summed E-state index contributed by atoms with van der Waals surface area (Å²) >= 11 is 12.4. The summed E-state index contributed by atoms with van der Waals surface area (Å²) in [4.78, 5) is 29.0. The first-order valence-electron chi connectivity index (χ1n) is 8.37. The summed E-state index contributed by atoms with van der Waals surface area (Å²) in [7, 11) is 4.71. The SMILES string of the molecule is COCC1(C(=O)N(C)C2CCN(c3cccc(OC)c3)C2=O)CC1(Cl)Cl. The topological polar surface area (TPSA) is 59.1 Å². The van der Waals surface area contributed by atoms with Crippen LogP contribution in [0, 0.1) is 5.41 Å². The van der Waals surface area contributed by atoms with Crippen molar-refractivity contribution in [2.75, 3.05) is 39.3 Å². The summed E-state index contributed by atoms with van der Waals surface area (Å²) in [6, 6.07) is 6.75. The molecule has 0 bridgehead atoms. The van der Waals surface area contributed by atoms with Crippen molar-refractivity contribution in [3.05, 3.63) is 24.3 Å². The molecular weight excluding hydrogens is 379 g/mol. The van der Waals surface area contributed by atoms with Gasteiger partial charge in [0.1, 0.15) is 21.5 Å². The molecule has 1 aromatic carbocycles. The predicted octanol–water partition coefficient (Wildman–Crippen LogP) is 2.47. The minimum Gasteiger partial charge on any atom is -0.497 e. The molecule has 2 fully saturated rings. The fraction of sp³-hybridized carbons (Fsp3) is 0.556. The van der Waals surface area contributed by atoms with E-state index in [0.717, 1.165) is 5.69 Å². The van der Waals surface area contributed by atoms with Gasteiger partial charge in [0.25, 0.3) is 0 Å². The minimum absolute atomic E-state index is 0.128. The van der Waals surface area contributed by atoms with Gasteiger partial charge in [-0.15, -0.1) is 23.2 Å². The van der Waals surface area contributed by atoms with Crippen LogP contribution in [0.25, 0.3) is 0 Å². The average molecular weight is 401 g/mol. The van der Waals surface area contributed by atoms with Crippen molar-refractivity contribution in [1.29, 1.82) is 0 Å². The van der Waals surface area contributed by atoms with Crippen LogP contribution in [-0.4, -0.2) is 61.5 Å². The van der Waals surface area contributed by atoms with Gasteiger partial charge in [-0.3, -0.25) is 9.59 Å². The Bertz CT molecular complexity index is 727. The summed E-state index contributed by atoms with van der Waals surface area (Å²) in [5.41, 5.74) is -0.233. The van der Waals surface area contributed by atoms with Crippen LogP contribution in [0.15, 0.2) is 24.3 Å². The molecule has 2 aliphatic rings. The Labute approximate surface area is 162 Å². The maximum atomic E-state index is 13.0. The summed E-state index contributed by atoms with van der Waals surface area (Å²) < 4.78 is 9.22. The zero-order chi connectivity index (χ0) is 19.1. The monoisotopic (exact) mass is 400 g/mol. The van der Waals surface area contributed by atoms with Gasteiger partial charge in [-0.25, -0.2) is 0 Å². The molecule has 1 aliphatic heterocycles. The molecule has 3 rings (SSSR count). The molecule has 0 spiro atoms. The zero-order valence-corrected chi connectivity index (χ0v) is 16.5. The Morgan fingerprint density at radius 1 is 1.38 bits per heavy atom. The second-order valence-corrected chi connectivity index (χ2v) is 8.29. The summed E-state index contributed by atoms with van der Waals surface area (Å²) in [5.74, 6) is 0.293. The van der Waals surface area contributed by atoms with Crippen molar-refractivity contribution in [1.82, 2.24) is 4.90 Å². The lowest BCUT2D eigenvalue weighted by molar-refractivity contribution is -0.143. The van der Waals surface area contributed by atoms with Gasteiger partial charge < -0.3 is 19.3 Å². The molecule has 2 amide bonds. The van der Waals surface area contributed by atoms with Gasteiger partial charge in [-0.1, -0.05) is 6.07 Å². The second-order valence-electron chi connectivity index (χ2n) is 6.81. The second kappa shape index (κ2) is 6.91. The van der Waals surface area contributed by atoms with Crippen LogP contribution in [0.1, 0.15) is 12.8 Å². The molecule has 0 radical (unpaired) electrons. The van der Waals surface area contributed by atoms with Crippen molar-refractivity contribution in [3.8, 4) is 5.75 Å². The third kappa shape index (κ3) is 3.04. The molecule has 0 N–H and O–H groups in total. The number of hydrogen-bond acceptors (Lipinski definition) is 4. The number of hydrogen-bond donors (Lipinski definition) is 0. The zero-order valence-electron chi connectivity index (χ0n) is 15.0. The number of alkyl halides is 2. The highest BCUT2D eigenvalue weighted by molar-refractivity contribution is 6.53. The van der Waals surface area contributed by atoms with E-state index in [1.165, 1.54) is 12.0 Å². The molecule has 1 aliphatic carbocycles. The number of carbonyl (C=O) groups excluding carboxylic acids is 2. The van der Waals surface area contributed by atoms with Crippen LogP contribution in [0.4, 0.5) is 5.69 Å². The fourth-order valence-corrected chi connectivity index (χ4v) is 4.30. The Morgan fingerprint density at radius 2 is 2.08 bits per heavy atom. The number of likely N-dealkylation sites (N-methyl/N-ethyl adjacent to an activating group) is 1. The highest BCUT2D eigenvalue weighted by atomic mass is 35.5. The van der Waals surface area contributed by atoms with Crippen molar-refractivity contribution < 1.29 is 19.1 Å². The third-order valence-corrected chi connectivity index (χ3v) is 6.22. The number of benzene rings is 1. The van der Waals surface area contributed by atoms with E-state index in [4.69, 9.17) is 32.7 Å². The van der Waals surface area contributed by atoms with Crippen LogP contribution in [0.2, 0.25) is 0 Å². The Hall–Kier alpha value is -1.50. The Kier molecular flexibility index (Phi) is 5.12. The van der Waals surface area contributed by atoms with E-state index in [1.807, 2.05) is 18.2 Å². The third-order valence-electron chi connectivity index (χ3n) is 5.23. The molecular formula is C18H22Cl2N2O4. The van der Waals surface area contributed by atoms with Crippen molar-refractivity contribution in [2.45, 2.75) is 23.2 Å². The number of amides is 2. The summed E-state index contributed by atoms with van der Waals surface area (Å²) in [5, 5.41) is 0. The molecule has 8 heteroatoms. The van der Waals surface area contributed by atoms with Gasteiger partial charge in [0.2, 0.25) is 11.8 Å². The van der Waals surface area contributed by atoms with Gasteiger partial charge >= 0.3 is 0 Å². The number of nitrogens with zero attached hydrogens (tertiary/aromatic N) is 2. The number of anilines is 1. The molecule has 142 valence electrons. The van der Waals surface area contributed by atoms with Crippen LogP contribution in [-0.2, 0) is 14.3 Å². The van der Waals surface area contributed by atoms with Crippen molar-refractivity contribution >= 4 is 40.7 Å². The van der Waals surface area contributed by atoms with Crippen LogP contribution >= 0.6 is 23.2 Å². The van der Waals surface area contributed by atoms with E-state index < -0.39 is 15.8 Å². The van der Waals surface area contributed by atoms with Crippen molar-refractivity contribution in [3.63, 3.8) is 0 Å². The molecule has 2 atom stereocenters. The standard InChI is InChI=1S/C18H22Cl2N2O4/c1-21(16(24)17(11-25-2)10-18(17,19)20)14-7-8-22(15(14)23)12-5-4-6-13(9-12)26-3/h4-6,9,14H,7-8,10-11H2,1-3H3. The largest absolute Gasteiger partial charge is 0.497 e. The average Bonchev–Trinajstić information content (AvgIpc) is 2.98. The highest BCUT2D eigenvalue weighted by Crippen LogP contribution is 2.65. The maximum Gasteiger partial charge on any atom is 0.249 e. The van der Waals surface area contributed by atoms with E-state index in [-0.39, 0.29) is 18.4 Å². The van der Waals surface area contributed by atoms with Gasteiger partial charge in [-0.05, 0) is 18.6 Å². The summed E-state index contributed by atoms with van der Waals surface area (Å²) in [6.45, 7) is 0.655. The van der Waals surface area contributed by atoms with Crippen LogP contribution in [0.3, 0.4) is 0 Å². The van der Waals surface area contributed by atoms with Gasteiger partial charge in [0.05, 0.1) is 13.7 Å². The Morgan fingerprint density at radius 3 is 2.65 bits per heavy atom. The van der Waals surface area contributed by atoms with Gasteiger partial charge in [-0.2, -0.15) is 0 Å². The molecule has 0 aromatic heterocycles. The lowest BCUT2D eigenvalue weighted by Crippen LogP contribution is -2.48. The molecule has 1 saturated carbocycles. The minimum atomic E-state index is -1.15. The molecule has 1 heterocycles. The highest BCUT2D eigenvalue weighted by Gasteiger charge is 2.72. The molecule has 1 saturated heterocycles. The fourth-order valence-electron chi connectivity index (χ4n) is 3.57. The van der Waals surface area contributed by atoms with Gasteiger partial charge in [0, 0.05) is 38.9 Å². The first-order valence-corrected chi connectivity index (χ1v) is 9.12.